The number of benzene rings is 1. The summed E-state index contributed by atoms with van der Waals surface area (Å²) in [6.07, 6.45) is 0. The van der Waals surface area contributed by atoms with Crippen LogP contribution in [-0.4, -0.2) is 31.5 Å². The Balaban J connectivity index is 1.48. The molecule has 0 aliphatic heterocycles. The number of aromatic nitrogens is 4. The molecule has 6 nitrogen and oxygen atoms in total. The molecule has 1 aromatic carbocycles. The lowest BCUT2D eigenvalue weighted by atomic mass is 10.3. The number of fused-ring (bicyclic) bond motifs is 1. The fraction of sp³-hybridized carbons (Fsp3) is 0.0588. The first kappa shape index (κ1) is 16.7. The molecule has 4 aromatic rings. The van der Waals surface area contributed by atoms with E-state index in [2.05, 4.69) is 20.6 Å². The van der Waals surface area contributed by atoms with Crippen LogP contribution in [0, 0.1) is 5.82 Å². The smallest absolute Gasteiger partial charge is 0.234 e. The van der Waals surface area contributed by atoms with Gasteiger partial charge in [0.2, 0.25) is 5.91 Å². The van der Waals surface area contributed by atoms with E-state index < -0.39 is 5.82 Å². The maximum Gasteiger partial charge on any atom is 0.234 e. The number of nitrogens with one attached hydrogen (secondary N) is 1. The van der Waals surface area contributed by atoms with E-state index in [1.165, 1.54) is 23.9 Å². The predicted molar refractivity (Wildman–Crippen MR) is 99.8 cm³/mol. The van der Waals surface area contributed by atoms with Crippen molar-refractivity contribution in [1.29, 1.82) is 0 Å². The van der Waals surface area contributed by atoms with Gasteiger partial charge in [0.1, 0.15) is 10.8 Å². The van der Waals surface area contributed by atoms with Crippen LogP contribution in [0.3, 0.4) is 0 Å². The summed E-state index contributed by atoms with van der Waals surface area (Å²) < 4.78 is 15.2. The molecule has 0 aliphatic rings. The van der Waals surface area contributed by atoms with Crippen LogP contribution in [0.5, 0.6) is 0 Å². The molecule has 0 atom stereocenters. The molecule has 0 saturated heterocycles. The molecule has 4 rings (SSSR count). The molecule has 3 aromatic heterocycles. The number of hydrogen-bond donors (Lipinski definition) is 1. The van der Waals surface area contributed by atoms with Crippen LogP contribution in [0.15, 0.2) is 58.9 Å². The van der Waals surface area contributed by atoms with Crippen LogP contribution in [0.4, 0.5) is 10.1 Å². The molecule has 0 aliphatic carbocycles. The highest BCUT2D eigenvalue weighted by Gasteiger charge is 2.12. The number of rotatable bonds is 5. The molecule has 9 heteroatoms. The van der Waals surface area contributed by atoms with Gasteiger partial charge in [-0.3, -0.25) is 4.79 Å². The molecule has 0 fully saturated rings. The second kappa shape index (κ2) is 7.22. The van der Waals surface area contributed by atoms with Crippen LogP contribution in [0.1, 0.15) is 0 Å². The van der Waals surface area contributed by atoms with Gasteiger partial charge in [0.25, 0.3) is 0 Å². The molecule has 3 heterocycles. The number of thioether (sulfide) groups is 1. The third kappa shape index (κ3) is 3.44. The standard InChI is InChI=1S/C17H12FN5OS2/c18-11-4-1-2-5-12(11)19-15(24)10-26-16-8-7-14-20-21-17(23(14)22-16)13-6-3-9-25-13/h1-9H,10H2,(H,19,24). The SMILES string of the molecule is O=C(CSc1ccc2nnc(-c3cccs3)n2n1)Nc1ccccc1F. The van der Waals surface area contributed by atoms with Crippen LogP contribution in [-0.2, 0) is 4.79 Å². The normalized spacial score (nSPS) is 11.0. The Labute approximate surface area is 156 Å². The maximum absolute atomic E-state index is 13.6. The van der Waals surface area contributed by atoms with Crippen molar-refractivity contribution in [2.75, 3.05) is 11.1 Å². The second-order valence-electron chi connectivity index (χ2n) is 5.26. The van der Waals surface area contributed by atoms with Crippen LogP contribution >= 0.6 is 23.1 Å². The van der Waals surface area contributed by atoms with Crippen molar-refractivity contribution in [3.8, 4) is 10.7 Å². The minimum atomic E-state index is -0.463. The second-order valence-corrected chi connectivity index (χ2v) is 7.20. The largest absolute Gasteiger partial charge is 0.323 e. The van der Waals surface area contributed by atoms with Gasteiger partial charge in [0, 0.05) is 0 Å². The molecule has 0 saturated carbocycles. The summed E-state index contributed by atoms with van der Waals surface area (Å²) in [5.74, 6) is 0.0107. The Hall–Kier alpha value is -2.78. The number of hydrogen-bond acceptors (Lipinski definition) is 6. The van der Waals surface area contributed by atoms with Crippen molar-refractivity contribution in [3.05, 3.63) is 59.7 Å². The molecule has 130 valence electrons. The van der Waals surface area contributed by atoms with Gasteiger partial charge in [-0.15, -0.1) is 21.5 Å². The maximum atomic E-state index is 13.6. The Kier molecular flexibility index (Phi) is 4.63. The molecule has 0 unspecified atom stereocenters. The van der Waals surface area contributed by atoms with Crippen molar-refractivity contribution in [1.82, 2.24) is 19.8 Å². The first-order valence-corrected chi connectivity index (χ1v) is 9.51. The molecule has 0 spiro atoms. The van der Waals surface area contributed by atoms with E-state index in [1.807, 2.05) is 17.5 Å². The predicted octanol–water partition coefficient (Wildman–Crippen LogP) is 3.72. The lowest BCUT2D eigenvalue weighted by Crippen LogP contribution is -2.15. The average molecular weight is 385 g/mol. The van der Waals surface area contributed by atoms with Gasteiger partial charge in [-0.25, -0.2) is 4.39 Å². The van der Waals surface area contributed by atoms with Crippen molar-refractivity contribution in [3.63, 3.8) is 0 Å². The monoisotopic (exact) mass is 385 g/mol. The number of anilines is 1. The lowest BCUT2D eigenvalue weighted by Gasteiger charge is -2.06. The first-order valence-electron chi connectivity index (χ1n) is 7.64. The minimum absolute atomic E-state index is 0.114. The van der Waals surface area contributed by atoms with E-state index >= 15 is 0 Å². The third-order valence-corrected chi connectivity index (χ3v) is 5.26. The number of amides is 1. The number of nitrogens with zero attached hydrogens (tertiary/aromatic N) is 4. The van der Waals surface area contributed by atoms with Gasteiger partial charge in [0.05, 0.1) is 16.3 Å². The van der Waals surface area contributed by atoms with Crippen molar-refractivity contribution < 1.29 is 9.18 Å². The van der Waals surface area contributed by atoms with Crippen molar-refractivity contribution >= 4 is 40.3 Å². The first-order chi connectivity index (χ1) is 12.7. The number of carbonyl (C=O) groups is 1. The van der Waals surface area contributed by atoms with Gasteiger partial charge >= 0.3 is 0 Å². The van der Waals surface area contributed by atoms with Crippen LogP contribution in [0.2, 0.25) is 0 Å². The molecule has 0 bridgehead atoms. The highest BCUT2D eigenvalue weighted by atomic mass is 32.2. The molecule has 1 N–H and O–H groups in total. The summed E-state index contributed by atoms with van der Waals surface area (Å²) in [6, 6.07) is 13.5. The molecular formula is C17H12FN5OS2. The Morgan fingerprint density at radius 2 is 2.04 bits per heavy atom. The van der Waals surface area contributed by atoms with E-state index in [-0.39, 0.29) is 17.3 Å². The summed E-state index contributed by atoms with van der Waals surface area (Å²) in [4.78, 5) is 13.0. The zero-order valence-electron chi connectivity index (χ0n) is 13.3. The summed E-state index contributed by atoms with van der Waals surface area (Å²) in [6.45, 7) is 0. The Morgan fingerprint density at radius 3 is 2.85 bits per heavy atom. The Bertz CT molecular complexity index is 1060. The lowest BCUT2D eigenvalue weighted by molar-refractivity contribution is -0.113. The molecule has 26 heavy (non-hydrogen) atoms. The van der Waals surface area contributed by atoms with E-state index in [0.717, 1.165) is 4.88 Å². The Morgan fingerprint density at radius 1 is 1.15 bits per heavy atom. The van der Waals surface area contributed by atoms with Crippen molar-refractivity contribution in [2.45, 2.75) is 5.03 Å². The van der Waals surface area contributed by atoms with Gasteiger partial charge in [-0.2, -0.15) is 9.61 Å². The van der Waals surface area contributed by atoms with Crippen LogP contribution < -0.4 is 5.32 Å². The molecular weight excluding hydrogens is 373 g/mol. The summed E-state index contributed by atoms with van der Waals surface area (Å²) in [7, 11) is 0. The zero-order valence-corrected chi connectivity index (χ0v) is 14.9. The van der Waals surface area contributed by atoms with Gasteiger partial charge in [-0.1, -0.05) is 30.0 Å². The summed E-state index contributed by atoms with van der Waals surface area (Å²) in [5, 5.41) is 17.9. The zero-order chi connectivity index (χ0) is 17.9. The fourth-order valence-corrected chi connectivity index (χ4v) is 3.65. The van der Waals surface area contributed by atoms with Gasteiger partial charge < -0.3 is 5.32 Å². The van der Waals surface area contributed by atoms with E-state index in [4.69, 9.17) is 0 Å². The number of halogens is 1. The number of thiophene rings is 1. The highest BCUT2D eigenvalue weighted by molar-refractivity contribution is 7.99. The van der Waals surface area contributed by atoms with Crippen LogP contribution in [0.25, 0.3) is 16.3 Å². The minimum Gasteiger partial charge on any atom is -0.323 e. The van der Waals surface area contributed by atoms with E-state index in [9.17, 15) is 9.18 Å². The van der Waals surface area contributed by atoms with Gasteiger partial charge in [-0.05, 0) is 35.7 Å². The number of para-hydroxylation sites is 1. The third-order valence-electron chi connectivity index (χ3n) is 3.48. The topological polar surface area (TPSA) is 72.2 Å². The van der Waals surface area contributed by atoms with Gasteiger partial charge in [0.15, 0.2) is 11.5 Å². The molecule has 0 radical (unpaired) electrons. The fourth-order valence-electron chi connectivity index (χ4n) is 2.30. The number of carbonyl (C=O) groups excluding carboxylic acids is 1. The van der Waals surface area contributed by atoms with Crippen molar-refractivity contribution in [2.24, 2.45) is 0 Å². The summed E-state index contributed by atoms with van der Waals surface area (Å²) in [5.41, 5.74) is 0.800. The molecule has 1 amide bonds. The van der Waals surface area contributed by atoms with E-state index in [1.54, 1.807) is 40.1 Å². The highest BCUT2D eigenvalue weighted by Crippen LogP contribution is 2.24. The van der Waals surface area contributed by atoms with E-state index in [0.29, 0.717) is 16.5 Å². The quantitative estimate of drug-likeness (QED) is 0.530. The average Bonchev–Trinajstić information content (AvgIpc) is 3.30. The summed E-state index contributed by atoms with van der Waals surface area (Å²) >= 11 is 2.81.